The van der Waals surface area contributed by atoms with Crippen LogP contribution in [0, 0.1) is 21.3 Å². The normalized spacial score (nSPS) is 34.4. The Hall–Kier alpha value is -1.73. The molecule has 1 aromatic carbocycles. The number of rotatable bonds is 4. The summed E-state index contributed by atoms with van der Waals surface area (Å²) in [6, 6.07) is 10.3. The van der Waals surface area contributed by atoms with Crippen molar-refractivity contribution in [2.45, 2.75) is 35.1 Å². The molecule has 6 atom stereocenters. The second-order valence-corrected chi connectivity index (χ2v) is 12.9. The van der Waals surface area contributed by atoms with E-state index < -0.39 is 45.2 Å². The molecule has 1 N–H and O–H groups in total. The second-order valence-electron chi connectivity index (χ2n) is 9.94. The standard InChI is InChI=1S/C26H20BrCl2IN2O6/c27-11-31-23(36)25(28)9-17-15(20(26(25,29)24(31)37)18-8-5-14(10-33)38-18)6-7-16-19(17)22(35)32(21(16)34)13-3-1-12(30)2-4-13/h1-6,8,16-17,19-20,33H,7,9-11H2. The van der Waals surface area contributed by atoms with Gasteiger partial charge in [0.25, 0.3) is 11.8 Å². The molecule has 4 amide bonds. The first kappa shape index (κ1) is 26.5. The molecule has 6 rings (SSSR count). The van der Waals surface area contributed by atoms with Crippen LogP contribution in [0.1, 0.15) is 30.3 Å². The fourth-order valence-electron chi connectivity index (χ4n) is 6.54. The van der Waals surface area contributed by atoms with Gasteiger partial charge in [0.05, 0.1) is 28.9 Å². The van der Waals surface area contributed by atoms with Crippen LogP contribution in [0.3, 0.4) is 0 Å². The molecule has 3 fully saturated rings. The third-order valence-corrected chi connectivity index (χ3v) is 10.9. The highest BCUT2D eigenvalue weighted by Gasteiger charge is 2.76. The Morgan fingerprint density at radius 1 is 1.03 bits per heavy atom. The van der Waals surface area contributed by atoms with Gasteiger partial charge in [-0.3, -0.25) is 29.0 Å². The predicted octanol–water partition coefficient (Wildman–Crippen LogP) is 4.29. The monoisotopic (exact) mass is 732 g/mol. The van der Waals surface area contributed by atoms with Crippen molar-refractivity contribution >= 4 is 91.0 Å². The minimum atomic E-state index is -1.93. The van der Waals surface area contributed by atoms with Crippen LogP contribution in [0.25, 0.3) is 0 Å². The number of halogens is 4. The van der Waals surface area contributed by atoms with Gasteiger partial charge in [0, 0.05) is 3.57 Å². The smallest absolute Gasteiger partial charge is 0.254 e. The van der Waals surface area contributed by atoms with E-state index in [1.165, 1.54) is 4.90 Å². The molecule has 2 aliphatic carbocycles. The van der Waals surface area contributed by atoms with Crippen molar-refractivity contribution in [3.63, 3.8) is 0 Å². The second kappa shape index (κ2) is 9.15. The molecule has 38 heavy (non-hydrogen) atoms. The Balaban J connectivity index is 1.50. The number of hydrogen-bond donors (Lipinski definition) is 1. The molecule has 2 aromatic rings. The summed E-state index contributed by atoms with van der Waals surface area (Å²) in [4.78, 5) is 53.0. The van der Waals surface area contributed by atoms with Crippen molar-refractivity contribution in [1.29, 1.82) is 0 Å². The maximum Gasteiger partial charge on any atom is 0.254 e. The average Bonchev–Trinajstić information content (AvgIpc) is 3.51. The fraction of sp³-hybridized carbons (Fsp3) is 0.385. The summed E-state index contributed by atoms with van der Waals surface area (Å²) in [7, 11) is 0. The van der Waals surface area contributed by atoms with Crippen LogP contribution >= 0.6 is 61.7 Å². The van der Waals surface area contributed by atoms with Crippen molar-refractivity contribution in [1.82, 2.24) is 4.90 Å². The zero-order valence-corrected chi connectivity index (χ0v) is 24.8. The van der Waals surface area contributed by atoms with Gasteiger partial charge in [-0.25, -0.2) is 0 Å². The van der Waals surface area contributed by atoms with Crippen molar-refractivity contribution in [3.05, 3.63) is 63.1 Å². The molecule has 0 radical (unpaired) electrons. The van der Waals surface area contributed by atoms with E-state index in [0.717, 1.165) is 8.47 Å². The lowest BCUT2D eigenvalue weighted by molar-refractivity contribution is -0.138. The summed E-state index contributed by atoms with van der Waals surface area (Å²) in [6.07, 6.45) is 2.01. The Bertz CT molecular complexity index is 1430. The minimum Gasteiger partial charge on any atom is -0.463 e. The lowest BCUT2D eigenvalue weighted by atomic mass is 9.57. The molecule has 1 aromatic heterocycles. The number of amides is 4. The van der Waals surface area contributed by atoms with E-state index in [2.05, 4.69) is 38.5 Å². The first-order valence-electron chi connectivity index (χ1n) is 11.9. The number of aliphatic hydroxyl groups is 1. The van der Waals surface area contributed by atoms with Crippen LogP contribution < -0.4 is 4.90 Å². The lowest BCUT2D eigenvalue weighted by Gasteiger charge is -2.49. The van der Waals surface area contributed by atoms with Crippen LogP contribution in [-0.4, -0.2) is 48.8 Å². The molecule has 198 valence electrons. The molecule has 0 spiro atoms. The maximum absolute atomic E-state index is 13.9. The third kappa shape index (κ3) is 3.36. The Morgan fingerprint density at radius 2 is 1.74 bits per heavy atom. The molecule has 12 heteroatoms. The highest BCUT2D eigenvalue weighted by atomic mass is 127. The van der Waals surface area contributed by atoms with Crippen LogP contribution in [-0.2, 0) is 25.8 Å². The van der Waals surface area contributed by atoms with Gasteiger partial charge in [-0.1, -0.05) is 27.6 Å². The number of carbonyl (C=O) groups excluding carboxylic acids is 4. The number of furan rings is 1. The van der Waals surface area contributed by atoms with E-state index in [1.54, 1.807) is 24.3 Å². The summed E-state index contributed by atoms with van der Waals surface area (Å²) in [5, 5.41) is 9.61. The van der Waals surface area contributed by atoms with Crippen molar-refractivity contribution in [3.8, 4) is 0 Å². The molecule has 3 heterocycles. The van der Waals surface area contributed by atoms with Crippen LogP contribution in [0.15, 0.2) is 52.5 Å². The van der Waals surface area contributed by atoms with E-state index in [0.29, 0.717) is 11.3 Å². The van der Waals surface area contributed by atoms with E-state index in [1.807, 2.05) is 18.2 Å². The number of fused-ring (bicyclic) bond motifs is 4. The van der Waals surface area contributed by atoms with Crippen LogP contribution in [0.4, 0.5) is 5.69 Å². The molecule has 6 unspecified atom stereocenters. The highest BCUT2D eigenvalue weighted by Crippen LogP contribution is 2.65. The van der Waals surface area contributed by atoms with Crippen LogP contribution in [0.5, 0.6) is 0 Å². The number of imide groups is 2. The quantitative estimate of drug-likeness (QED) is 0.165. The zero-order valence-electron chi connectivity index (χ0n) is 19.6. The number of likely N-dealkylation sites (tertiary alicyclic amines) is 1. The Kier molecular flexibility index (Phi) is 6.38. The van der Waals surface area contributed by atoms with Gasteiger partial charge in [0.2, 0.25) is 11.8 Å². The van der Waals surface area contributed by atoms with Crippen molar-refractivity contribution in [2.24, 2.45) is 17.8 Å². The molecule has 0 bridgehead atoms. The fourth-order valence-corrected chi connectivity index (χ4v) is 8.31. The van der Waals surface area contributed by atoms with Gasteiger partial charge in [-0.15, -0.1) is 23.2 Å². The molecular formula is C26H20BrCl2IN2O6. The Morgan fingerprint density at radius 3 is 2.37 bits per heavy atom. The first-order chi connectivity index (χ1) is 18.1. The zero-order chi connectivity index (χ0) is 27.1. The number of nitrogens with zero attached hydrogens (tertiary/aromatic N) is 2. The minimum absolute atomic E-state index is 0.0945. The predicted molar refractivity (Wildman–Crippen MR) is 150 cm³/mol. The van der Waals surface area contributed by atoms with Crippen molar-refractivity contribution < 1.29 is 28.7 Å². The lowest BCUT2D eigenvalue weighted by Crippen LogP contribution is -2.60. The Labute approximate surface area is 249 Å². The number of alkyl halides is 3. The number of allylic oxidation sites excluding steroid dienone is 2. The number of hydrogen-bond acceptors (Lipinski definition) is 6. The summed E-state index contributed by atoms with van der Waals surface area (Å²) in [6.45, 7) is -0.375. The van der Waals surface area contributed by atoms with E-state index in [4.69, 9.17) is 27.6 Å². The number of benzene rings is 1. The topological polar surface area (TPSA) is 108 Å². The van der Waals surface area contributed by atoms with Gasteiger partial charge in [0.1, 0.15) is 18.1 Å². The number of anilines is 1. The molecule has 2 saturated heterocycles. The van der Waals surface area contributed by atoms with Gasteiger partial charge in [0.15, 0.2) is 9.75 Å². The van der Waals surface area contributed by atoms with Gasteiger partial charge >= 0.3 is 0 Å². The SMILES string of the molecule is O=C1C2CC=C3C(CC4(Cl)C(=O)N(CBr)C(=O)C4(Cl)C3c3ccc(CO)o3)C2C(=O)N1c1ccc(I)cc1. The molecule has 2 aliphatic heterocycles. The number of carbonyl (C=O) groups is 4. The molecule has 8 nitrogen and oxygen atoms in total. The van der Waals surface area contributed by atoms with E-state index >= 15 is 0 Å². The summed E-state index contributed by atoms with van der Waals surface area (Å²) < 4.78 is 6.83. The van der Waals surface area contributed by atoms with Gasteiger partial charge in [-0.2, -0.15) is 0 Å². The van der Waals surface area contributed by atoms with Crippen molar-refractivity contribution in [2.75, 3.05) is 10.4 Å². The van der Waals surface area contributed by atoms with Gasteiger partial charge < -0.3 is 9.52 Å². The summed E-state index contributed by atoms with van der Waals surface area (Å²) in [5.74, 6) is -4.55. The van der Waals surface area contributed by atoms with E-state index in [-0.39, 0.29) is 48.2 Å². The third-order valence-electron chi connectivity index (χ3n) is 8.22. The highest BCUT2D eigenvalue weighted by molar-refractivity contribution is 14.1. The maximum atomic E-state index is 13.9. The van der Waals surface area contributed by atoms with E-state index in [9.17, 15) is 24.3 Å². The summed E-state index contributed by atoms with van der Waals surface area (Å²) >= 11 is 19.6. The number of aliphatic hydroxyl groups excluding tert-OH is 1. The summed E-state index contributed by atoms with van der Waals surface area (Å²) in [5.41, 5.74) is 1.01. The largest absolute Gasteiger partial charge is 0.463 e. The van der Waals surface area contributed by atoms with Crippen LogP contribution in [0.2, 0.25) is 0 Å². The first-order valence-corrected chi connectivity index (χ1v) is 14.9. The molecule has 4 aliphatic rings. The molecular weight excluding hydrogens is 714 g/mol. The average molecular weight is 734 g/mol. The van der Waals surface area contributed by atoms with Gasteiger partial charge in [-0.05, 0) is 77.7 Å². The molecule has 1 saturated carbocycles.